The topological polar surface area (TPSA) is 169 Å². The molecule has 29 heavy (non-hydrogen) atoms. The molecule has 11 heteroatoms. The molecular weight excluding hydrogens is 378 g/mol. The van der Waals surface area contributed by atoms with Gasteiger partial charge in [0.15, 0.2) is 11.2 Å². The first-order valence-electron chi connectivity index (χ1n) is 8.62. The van der Waals surface area contributed by atoms with E-state index in [4.69, 9.17) is 11.1 Å². The number of H-pyrrole nitrogens is 1. The van der Waals surface area contributed by atoms with Crippen molar-refractivity contribution in [3.8, 4) is 11.4 Å². The van der Waals surface area contributed by atoms with E-state index in [-0.39, 0.29) is 36.5 Å². The molecular formula is C18H19N7O4. The molecule has 0 atom stereocenters. The molecule has 0 spiro atoms. The molecule has 0 saturated carbocycles. The Morgan fingerprint density at radius 3 is 2.69 bits per heavy atom. The molecule has 0 saturated heterocycles. The van der Waals surface area contributed by atoms with Crippen LogP contribution in [0.1, 0.15) is 12.0 Å². The lowest BCUT2D eigenvalue weighted by molar-refractivity contribution is -0.140. The molecule has 0 aliphatic heterocycles. The van der Waals surface area contributed by atoms with Crippen LogP contribution in [0.4, 0.5) is 0 Å². The van der Waals surface area contributed by atoms with Crippen LogP contribution in [0, 0.1) is 5.41 Å². The van der Waals surface area contributed by atoms with Gasteiger partial charge in [-0.3, -0.25) is 24.4 Å². The number of nitrogens with zero attached hydrogens (tertiary/aromatic N) is 3. The summed E-state index contributed by atoms with van der Waals surface area (Å²) in [6, 6.07) is 6.80. The third-order valence-corrected chi connectivity index (χ3v) is 4.14. The quantitative estimate of drug-likeness (QED) is 0.242. The lowest BCUT2D eigenvalue weighted by atomic mass is 10.1. The van der Waals surface area contributed by atoms with E-state index in [2.05, 4.69) is 25.0 Å². The van der Waals surface area contributed by atoms with E-state index in [1.54, 1.807) is 24.3 Å². The fourth-order valence-electron chi connectivity index (χ4n) is 2.60. The number of methoxy groups -OCH3 is 1. The first-order valence-corrected chi connectivity index (χ1v) is 8.62. The predicted octanol–water partition coefficient (Wildman–Crippen LogP) is -0.250. The number of nitrogens with one attached hydrogen (secondary N) is 3. The van der Waals surface area contributed by atoms with E-state index >= 15 is 0 Å². The van der Waals surface area contributed by atoms with Crippen LogP contribution < -0.4 is 16.6 Å². The van der Waals surface area contributed by atoms with E-state index in [0.717, 1.165) is 4.57 Å². The number of ether oxygens (including phenoxy) is 1. The van der Waals surface area contributed by atoms with Crippen molar-refractivity contribution < 1.29 is 14.3 Å². The van der Waals surface area contributed by atoms with Gasteiger partial charge in [0.1, 0.15) is 24.5 Å². The number of aromatic nitrogens is 4. The molecule has 0 aliphatic rings. The highest BCUT2D eigenvalue weighted by Crippen LogP contribution is 2.18. The van der Waals surface area contributed by atoms with E-state index in [0.29, 0.717) is 17.0 Å². The van der Waals surface area contributed by atoms with Crippen molar-refractivity contribution in [2.45, 2.75) is 13.0 Å². The number of amides is 1. The van der Waals surface area contributed by atoms with Gasteiger partial charge < -0.3 is 20.8 Å². The van der Waals surface area contributed by atoms with Gasteiger partial charge in [-0.05, 0) is 0 Å². The summed E-state index contributed by atoms with van der Waals surface area (Å²) in [4.78, 5) is 47.0. The normalized spacial score (nSPS) is 10.7. The Morgan fingerprint density at radius 1 is 1.31 bits per heavy atom. The molecule has 11 nitrogen and oxygen atoms in total. The summed E-state index contributed by atoms with van der Waals surface area (Å²) in [5.74, 6) is -0.487. The summed E-state index contributed by atoms with van der Waals surface area (Å²) in [7, 11) is 1.26. The van der Waals surface area contributed by atoms with Crippen LogP contribution in [0.15, 0.2) is 35.4 Å². The minimum atomic E-state index is -0.447. The monoisotopic (exact) mass is 397 g/mol. The van der Waals surface area contributed by atoms with Gasteiger partial charge in [-0.15, -0.1) is 0 Å². The second-order valence-electron chi connectivity index (χ2n) is 6.13. The number of esters is 1. The Morgan fingerprint density at radius 2 is 2.03 bits per heavy atom. The average molecular weight is 397 g/mol. The molecule has 0 unspecified atom stereocenters. The number of nitrogen functional groups attached to an aromatic ring is 1. The van der Waals surface area contributed by atoms with E-state index in [1.165, 1.54) is 13.4 Å². The summed E-state index contributed by atoms with van der Waals surface area (Å²) < 4.78 is 5.64. The van der Waals surface area contributed by atoms with Crippen molar-refractivity contribution in [2.75, 3.05) is 13.7 Å². The van der Waals surface area contributed by atoms with E-state index < -0.39 is 17.4 Å². The van der Waals surface area contributed by atoms with Crippen LogP contribution in [0.25, 0.3) is 22.6 Å². The standard InChI is InChI=1S/C18H19N7O4/c1-29-13(27)6-7-21-12(26)8-25-9-22-17-14(18(25)28)23-16(24-17)11-4-2-10(3-5-11)15(19)20/h2-5,9H,6-8H2,1H3,(H3,19,20)(H,21,26)(H,23,24). The Kier molecular flexibility index (Phi) is 5.67. The van der Waals surface area contributed by atoms with Gasteiger partial charge in [0.25, 0.3) is 5.56 Å². The second-order valence-corrected chi connectivity index (χ2v) is 6.13. The van der Waals surface area contributed by atoms with E-state index in [1.807, 2.05) is 0 Å². The maximum atomic E-state index is 12.6. The number of benzene rings is 1. The zero-order valence-corrected chi connectivity index (χ0v) is 15.6. The Labute approximate surface area is 164 Å². The molecule has 0 fully saturated rings. The number of fused-ring (bicyclic) bond motifs is 1. The lowest BCUT2D eigenvalue weighted by Crippen LogP contribution is -2.33. The number of rotatable bonds is 7. The predicted molar refractivity (Wildman–Crippen MR) is 104 cm³/mol. The van der Waals surface area contributed by atoms with Crippen molar-refractivity contribution in [1.29, 1.82) is 5.41 Å². The summed E-state index contributed by atoms with van der Waals surface area (Å²) in [5, 5.41) is 9.96. The highest BCUT2D eigenvalue weighted by atomic mass is 16.5. The summed E-state index contributed by atoms with van der Waals surface area (Å²) >= 11 is 0. The van der Waals surface area contributed by atoms with Gasteiger partial charge in [0, 0.05) is 17.7 Å². The SMILES string of the molecule is COC(=O)CCNC(=O)Cn1cnc2nc(-c3ccc(C(=N)N)cc3)[nH]c2c1=O. The molecule has 1 aromatic carbocycles. The summed E-state index contributed by atoms with van der Waals surface area (Å²) in [6.45, 7) is -0.134. The van der Waals surface area contributed by atoms with Crippen molar-refractivity contribution in [2.24, 2.45) is 5.73 Å². The number of hydrogen-bond acceptors (Lipinski definition) is 7. The minimum absolute atomic E-state index is 0.0424. The van der Waals surface area contributed by atoms with E-state index in [9.17, 15) is 14.4 Å². The molecule has 2 heterocycles. The molecule has 150 valence electrons. The van der Waals surface area contributed by atoms with Gasteiger partial charge in [-0.25, -0.2) is 9.97 Å². The number of nitrogens with two attached hydrogens (primary N) is 1. The number of hydrogen-bond donors (Lipinski definition) is 4. The highest BCUT2D eigenvalue weighted by molar-refractivity contribution is 5.95. The fourth-order valence-corrected chi connectivity index (χ4v) is 2.60. The van der Waals surface area contributed by atoms with Crippen LogP contribution >= 0.6 is 0 Å². The van der Waals surface area contributed by atoms with Gasteiger partial charge in [0.2, 0.25) is 5.91 Å². The minimum Gasteiger partial charge on any atom is -0.469 e. The first kappa shape index (κ1) is 19.7. The third kappa shape index (κ3) is 4.46. The summed E-state index contributed by atoms with van der Waals surface area (Å²) in [5.41, 5.74) is 6.65. The largest absolute Gasteiger partial charge is 0.469 e. The zero-order chi connectivity index (χ0) is 21.0. The van der Waals surface area contributed by atoms with Crippen LogP contribution in [-0.4, -0.2) is 50.9 Å². The molecule has 5 N–H and O–H groups in total. The second kappa shape index (κ2) is 8.33. The van der Waals surface area contributed by atoms with Crippen molar-refractivity contribution in [3.05, 3.63) is 46.5 Å². The Hall–Kier alpha value is -4.02. The van der Waals surface area contributed by atoms with Crippen molar-refractivity contribution >= 4 is 28.9 Å². The smallest absolute Gasteiger partial charge is 0.307 e. The van der Waals surface area contributed by atoms with Crippen LogP contribution in [-0.2, 0) is 20.9 Å². The van der Waals surface area contributed by atoms with Gasteiger partial charge in [0.05, 0.1) is 13.5 Å². The number of amidine groups is 1. The fraction of sp³-hybridized carbons (Fsp3) is 0.222. The Bertz CT molecular complexity index is 1130. The maximum Gasteiger partial charge on any atom is 0.307 e. The molecule has 3 aromatic rings. The van der Waals surface area contributed by atoms with Crippen molar-refractivity contribution in [1.82, 2.24) is 24.8 Å². The highest BCUT2D eigenvalue weighted by Gasteiger charge is 2.13. The number of aromatic amines is 1. The molecule has 0 aliphatic carbocycles. The first-order chi connectivity index (χ1) is 13.9. The molecule has 1 amide bonds. The average Bonchev–Trinajstić information content (AvgIpc) is 3.15. The van der Waals surface area contributed by atoms with Gasteiger partial charge in [-0.1, -0.05) is 24.3 Å². The number of carbonyl (C=O) groups excluding carboxylic acids is 2. The lowest BCUT2D eigenvalue weighted by Gasteiger charge is -2.06. The van der Waals surface area contributed by atoms with Crippen LogP contribution in [0.2, 0.25) is 0 Å². The van der Waals surface area contributed by atoms with Crippen LogP contribution in [0.5, 0.6) is 0 Å². The zero-order valence-electron chi connectivity index (χ0n) is 15.6. The summed E-state index contributed by atoms with van der Waals surface area (Å²) in [6.07, 6.45) is 1.29. The van der Waals surface area contributed by atoms with Crippen molar-refractivity contribution in [3.63, 3.8) is 0 Å². The van der Waals surface area contributed by atoms with Crippen LogP contribution in [0.3, 0.4) is 0 Å². The number of imidazole rings is 1. The third-order valence-electron chi connectivity index (χ3n) is 4.14. The van der Waals surface area contributed by atoms with Gasteiger partial charge in [-0.2, -0.15) is 0 Å². The molecule has 3 rings (SSSR count). The Balaban J connectivity index is 1.77. The number of carbonyl (C=O) groups is 2. The maximum absolute atomic E-state index is 12.6. The van der Waals surface area contributed by atoms with Gasteiger partial charge >= 0.3 is 5.97 Å². The molecule has 0 bridgehead atoms. The molecule has 2 aromatic heterocycles. The molecule has 0 radical (unpaired) electrons.